The minimum absolute atomic E-state index is 0.340. The molecular weight excluding hydrogens is 314 g/mol. The van der Waals surface area contributed by atoms with Crippen LogP contribution in [0.2, 0.25) is 0 Å². The Bertz CT molecular complexity index is 582. The van der Waals surface area contributed by atoms with E-state index in [-0.39, 0.29) is 0 Å². The third-order valence-electron chi connectivity index (χ3n) is 2.41. The van der Waals surface area contributed by atoms with Crippen LogP contribution >= 0.6 is 27.3 Å². The Balaban J connectivity index is 2.10. The highest BCUT2D eigenvalue weighted by Gasteiger charge is 2.06. The van der Waals surface area contributed by atoms with Gasteiger partial charge in [-0.05, 0) is 40.2 Å². The predicted octanol–water partition coefficient (Wildman–Crippen LogP) is 2.80. The second-order valence-corrected chi connectivity index (χ2v) is 5.66. The first-order chi connectivity index (χ1) is 8.56. The molecule has 0 saturated carbocycles. The molecule has 1 aromatic carbocycles. The summed E-state index contributed by atoms with van der Waals surface area (Å²) in [6.45, 7) is 0.693. The van der Waals surface area contributed by atoms with Crippen LogP contribution in [0.5, 0.6) is 0 Å². The van der Waals surface area contributed by atoms with Crippen LogP contribution in [-0.2, 0) is 6.54 Å². The molecule has 18 heavy (non-hydrogen) atoms. The number of nitrogens with one attached hydrogen (secondary N) is 1. The minimum atomic E-state index is -0.519. The fourth-order valence-corrected chi connectivity index (χ4v) is 2.91. The molecule has 1 amide bonds. The van der Waals surface area contributed by atoms with Crippen LogP contribution in [0.4, 0.5) is 11.4 Å². The molecule has 0 saturated heterocycles. The highest BCUT2D eigenvalue weighted by molar-refractivity contribution is 9.10. The summed E-state index contributed by atoms with van der Waals surface area (Å²) in [5.74, 6) is -0.519. The van der Waals surface area contributed by atoms with Crippen LogP contribution in [0.15, 0.2) is 34.1 Å². The first-order valence-electron chi connectivity index (χ1n) is 5.22. The van der Waals surface area contributed by atoms with Gasteiger partial charge in [-0.15, -0.1) is 11.3 Å². The van der Waals surface area contributed by atoms with Crippen molar-refractivity contribution in [2.24, 2.45) is 5.73 Å². The molecular formula is C12H12BrN3OS. The van der Waals surface area contributed by atoms with Gasteiger partial charge in [0.15, 0.2) is 0 Å². The largest absolute Gasteiger partial charge is 0.398 e. The Morgan fingerprint density at radius 1 is 1.39 bits per heavy atom. The van der Waals surface area contributed by atoms with E-state index in [1.165, 1.54) is 4.88 Å². The molecule has 0 unspecified atom stereocenters. The van der Waals surface area contributed by atoms with E-state index in [2.05, 4.69) is 21.2 Å². The number of carbonyl (C=O) groups excluding carboxylic acids is 1. The molecule has 2 aromatic rings. The number of hydrogen-bond donors (Lipinski definition) is 3. The molecule has 4 nitrogen and oxygen atoms in total. The van der Waals surface area contributed by atoms with Crippen LogP contribution in [0, 0.1) is 0 Å². The van der Waals surface area contributed by atoms with Crippen molar-refractivity contribution in [3.05, 3.63) is 44.6 Å². The number of thiophene rings is 1. The van der Waals surface area contributed by atoms with Crippen molar-refractivity contribution < 1.29 is 4.79 Å². The Kier molecular flexibility index (Phi) is 3.88. The molecule has 1 aromatic heterocycles. The highest BCUT2D eigenvalue weighted by atomic mass is 79.9. The number of halogens is 1. The number of carbonyl (C=O) groups is 1. The molecule has 6 heteroatoms. The van der Waals surface area contributed by atoms with Gasteiger partial charge < -0.3 is 16.8 Å². The molecule has 0 radical (unpaired) electrons. The fraction of sp³-hybridized carbons (Fsp3) is 0.0833. The van der Waals surface area contributed by atoms with E-state index in [9.17, 15) is 4.79 Å². The van der Waals surface area contributed by atoms with E-state index < -0.39 is 5.91 Å². The normalized spacial score (nSPS) is 10.3. The average Bonchev–Trinajstić information content (AvgIpc) is 2.74. The van der Waals surface area contributed by atoms with Gasteiger partial charge in [-0.3, -0.25) is 4.79 Å². The Hall–Kier alpha value is -1.53. The van der Waals surface area contributed by atoms with Crippen LogP contribution in [-0.4, -0.2) is 5.91 Å². The van der Waals surface area contributed by atoms with Gasteiger partial charge in [0, 0.05) is 32.6 Å². The topological polar surface area (TPSA) is 81.1 Å². The van der Waals surface area contributed by atoms with Gasteiger partial charge in [0.25, 0.3) is 5.91 Å². The monoisotopic (exact) mass is 325 g/mol. The summed E-state index contributed by atoms with van der Waals surface area (Å²) in [5, 5.41) is 5.25. The van der Waals surface area contributed by atoms with E-state index in [1.54, 1.807) is 23.5 Å². The third-order valence-corrected chi connectivity index (χ3v) is 4.10. The van der Waals surface area contributed by atoms with Crippen molar-refractivity contribution >= 4 is 44.5 Å². The lowest BCUT2D eigenvalue weighted by atomic mass is 10.1. The highest BCUT2D eigenvalue weighted by Crippen LogP contribution is 2.22. The lowest BCUT2D eigenvalue weighted by molar-refractivity contribution is 0.100. The number of nitrogens with two attached hydrogens (primary N) is 2. The number of anilines is 2. The standard InChI is InChI=1S/C12H12BrN3OS/c13-7-3-9(18-6-7)5-16-8-1-2-11(14)10(4-8)12(15)17/h1-4,6,16H,5,14H2,(H2,15,17). The summed E-state index contributed by atoms with van der Waals surface area (Å²) in [6, 6.07) is 7.21. The Morgan fingerprint density at radius 3 is 2.78 bits per heavy atom. The van der Waals surface area contributed by atoms with Gasteiger partial charge in [0.05, 0.1) is 5.56 Å². The third kappa shape index (κ3) is 3.02. The van der Waals surface area contributed by atoms with Crippen molar-refractivity contribution in [3.8, 4) is 0 Å². The number of hydrogen-bond acceptors (Lipinski definition) is 4. The summed E-state index contributed by atoms with van der Waals surface area (Å²) in [5.41, 5.74) is 12.5. The van der Waals surface area contributed by atoms with Gasteiger partial charge in [-0.1, -0.05) is 0 Å². The Labute approximate surface area is 117 Å². The number of primary amides is 1. The molecule has 0 fully saturated rings. The first-order valence-corrected chi connectivity index (χ1v) is 6.89. The Morgan fingerprint density at radius 2 is 2.17 bits per heavy atom. The fourth-order valence-electron chi connectivity index (χ4n) is 1.52. The SMILES string of the molecule is NC(=O)c1cc(NCc2cc(Br)cs2)ccc1N. The lowest BCUT2D eigenvalue weighted by Gasteiger charge is -2.08. The number of rotatable bonds is 4. The van der Waals surface area contributed by atoms with Gasteiger partial charge in [-0.2, -0.15) is 0 Å². The second-order valence-electron chi connectivity index (χ2n) is 3.75. The summed E-state index contributed by atoms with van der Waals surface area (Å²) >= 11 is 5.06. The van der Waals surface area contributed by atoms with Crippen LogP contribution in [0.1, 0.15) is 15.2 Å². The quantitative estimate of drug-likeness (QED) is 0.756. The maximum atomic E-state index is 11.2. The maximum absolute atomic E-state index is 11.2. The van der Waals surface area contributed by atoms with Crippen molar-refractivity contribution in [3.63, 3.8) is 0 Å². The van der Waals surface area contributed by atoms with Crippen LogP contribution < -0.4 is 16.8 Å². The zero-order valence-electron chi connectivity index (χ0n) is 9.44. The van der Waals surface area contributed by atoms with Gasteiger partial charge in [-0.25, -0.2) is 0 Å². The molecule has 0 bridgehead atoms. The molecule has 2 rings (SSSR count). The van der Waals surface area contributed by atoms with Crippen molar-refractivity contribution in [1.82, 2.24) is 0 Å². The molecule has 0 aliphatic rings. The summed E-state index contributed by atoms with van der Waals surface area (Å²) in [6.07, 6.45) is 0. The van der Waals surface area contributed by atoms with Crippen molar-refractivity contribution in [2.45, 2.75) is 6.54 Å². The molecule has 5 N–H and O–H groups in total. The molecule has 0 aliphatic carbocycles. The second kappa shape index (κ2) is 5.41. The maximum Gasteiger partial charge on any atom is 0.250 e. The molecule has 0 aliphatic heterocycles. The molecule has 0 spiro atoms. The zero-order chi connectivity index (χ0) is 13.1. The lowest BCUT2D eigenvalue weighted by Crippen LogP contribution is -2.14. The van der Waals surface area contributed by atoms with E-state index in [0.717, 1.165) is 10.2 Å². The van der Waals surface area contributed by atoms with Crippen molar-refractivity contribution in [2.75, 3.05) is 11.1 Å². The number of amides is 1. The predicted molar refractivity (Wildman–Crippen MR) is 78.7 cm³/mol. The molecule has 1 heterocycles. The number of nitrogen functional groups attached to an aromatic ring is 1. The number of benzene rings is 1. The van der Waals surface area contributed by atoms with E-state index in [4.69, 9.17) is 11.5 Å². The summed E-state index contributed by atoms with van der Waals surface area (Å²) < 4.78 is 1.07. The first kappa shape index (κ1) is 12.9. The van der Waals surface area contributed by atoms with Crippen LogP contribution in [0.25, 0.3) is 0 Å². The van der Waals surface area contributed by atoms with Gasteiger partial charge >= 0.3 is 0 Å². The van der Waals surface area contributed by atoms with E-state index in [1.807, 2.05) is 17.5 Å². The van der Waals surface area contributed by atoms with E-state index in [0.29, 0.717) is 17.8 Å². The van der Waals surface area contributed by atoms with E-state index >= 15 is 0 Å². The van der Waals surface area contributed by atoms with Gasteiger partial charge in [0.2, 0.25) is 0 Å². The summed E-state index contributed by atoms with van der Waals surface area (Å²) in [4.78, 5) is 12.4. The average molecular weight is 326 g/mol. The van der Waals surface area contributed by atoms with Gasteiger partial charge in [0.1, 0.15) is 0 Å². The minimum Gasteiger partial charge on any atom is -0.398 e. The molecule has 0 atom stereocenters. The van der Waals surface area contributed by atoms with Crippen LogP contribution in [0.3, 0.4) is 0 Å². The summed E-state index contributed by atoms with van der Waals surface area (Å²) in [7, 11) is 0. The molecule has 94 valence electrons. The smallest absolute Gasteiger partial charge is 0.250 e. The zero-order valence-corrected chi connectivity index (χ0v) is 11.8. The van der Waals surface area contributed by atoms with Crippen molar-refractivity contribution in [1.29, 1.82) is 0 Å².